The molecule has 0 saturated heterocycles. The summed E-state index contributed by atoms with van der Waals surface area (Å²) in [6.07, 6.45) is 1.53. The Bertz CT molecular complexity index is 1360. The molecule has 3 N–H and O–H groups in total. The zero-order valence-corrected chi connectivity index (χ0v) is 16.2. The van der Waals surface area contributed by atoms with Gasteiger partial charge < -0.3 is 11.1 Å². The summed E-state index contributed by atoms with van der Waals surface area (Å²) in [7, 11) is 0. The number of hydrogen-bond donors (Lipinski definition) is 2. The molecule has 31 heavy (non-hydrogen) atoms. The van der Waals surface area contributed by atoms with Gasteiger partial charge in [-0.3, -0.25) is 19.0 Å². The summed E-state index contributed by atoms with van der Waals surface area (Å²) >= 11 is 0. The topological polar surface area (TPSA) is 107 Å². The summed E-state index contributed by atoms with van der Waals surface area (Å²) < 4.78 is 15.5. The predicted molar refractivity (Wildman–Crippen MR) is 114 cm³/mol. The Kier molecular flexibility index (Phi) is 5.28. The lowest BCUT2D eigenvalue weighted by Crippen LogP contribution is -2.30. The fraction of sp³-hybridized carbons (Fsp3) is 0.0435. The molecule has 0 spiro atoms. The Balaban J connectivity index is 1.75. The summed E-state index contributed by atoms with van der Waals surface area (Å²) in [4.78, 5) is 41.4. The van der Waals surface area contributed by atoms with E-state index in [9.17, 15) is 18.8 Å². The normalized spacial score (nSPS) is 10.7. The second-order valence-corrected chi connectivity index (χ2v) is 6.85. The molecule has 2 aromatic carbocycles. The van der Waals surface area contributed by atoms with E-state index < -0.39 is 23.2 Å². The number of aromatic nitrogens is 2. The minimum Gasteiger partial charge on any atom is -0.366 e. The first-order valence-electron chi connectivity index (χ1n) is 9.37. The molecule has 0 saturated carbocycles. The number of nitrogens with two attached hydrogens (primary N) is 1. The van der Waals surface area contributed by atoms with Gasteiger partial charge in [-0.1, -0.05) is 18.2 Å². The second kappa shape index (κ2) is 8.19. The molecule has 8 heteroatoms. The van der Waals surface area contributed by atoms with Crippen LogP contribution in [0.2, 0.25) is 0 Å². The van der Waals surface area contributed by atoms with Gasteiger partial charge in [0.1, 0.15) is 17.0 Å². The minimum absolute atomic E-state index is 0.0759. The molecule has 2 amide bonds. The average molecular weight is 416 g/mol. The largest absolute Gasteiger partial charge is 0.366 e. The Morgan fingerprint density at radius 1 is 1.03 bits per heavy atom. The average Bonchev–Trinajstić information content (AvgIpc) is 2.77. The monoisotopic (exact) mass is 416 g/mol. The summed E-state index contributed by atoms with van der Waals surface area (Å²) in [5, 5.41) is 3.20. The van der Waals surface area contributed by atoms with Gasteiger partial charge in [-0.2, -0.15) is 0 Å². The zero-order valence-electron chi connectivity index (χ0n) is 16.2. The van der Waals surface area contributed by atoms with Crippen LogP contribution in [-0.4, -0.2) is 21.4 Å². The lowest BCUT2D eigenvalue weighted by molar-refractivity contribution is 0.0998. The molecule has 154 valence electrons. The molecule has 0 fully saturated rings. The van der Waals surface area contributed by atoms with Crippen molar-refractivity contribution in [3.05, 3.63) is 106 Å². The van der Waals surface area contributed by atoms with Crippen LogP contribution < -0.4 is 16.6 Å². The van der Waals surface area contributed by atoms with Crippen LogP contribution in [0.3, 0.4) is 0 Å². The van der Waals surface area contributed by atoms with E-state index in [1.807, 2.05) is 0 Å². The number of hydrogen-bond acceptors (Lipinski definition) is 4. The van der Waals surface area contributed by atoms with Crippen molar-refractivity contribution in [1.82, 2.24) is 9.55 Å². The van der Waals surface area contributed by atoms with Crippen molar-refractivity contribution in [3.63, 3.8) is 0 Å². The highest BCUT2D eigenvalue weighted by Gasteiger charge is 2.18. The molecule has 0 radical (unpaired) electrons. The smallest absolute Gasteiger partial charge is 0.265 e. The minimum atomic E-state index is -0.634. The van der Waals surface area contributed by atoms with Crippen molar-refractivity contribution in [3.8, 4) is 0 Å². The van der Waals surface area contributed by atoms with Gasteiger partial charge in [-0.05, 0) is 48.5 Å². The number of nitrogens with one attached hydrogen (secondary N) is 1. The van der Waals surface area contributed by atoms with E-state index >= 15 is 0 Å². The van der Waals surface area contributed by atoms with Crippen LogP contribution in [0.5, 0.6) is 0 Å². The number of primary amides is 1. The molecular weight excluding hydrogens is 399 g/mol. The SMILES string of the molecule is NC(=O)c1ccc(NC(=O)c2cc3cccnc3n(Cc3ccccc3F)c2=O)cc1. The van der Waals surface area contributed by atoms with Crippen LogP contribution in [0, 0.1) is 5.82 Å². The van der Waals surface area contributed by atoms with Crippen LogP contribution in [0.15, 0.2) is 77.7 Å². The molecule has 4 aromatic rings. The Labute approximate surface area is 176 Å². The van der Waals surface area contributed by atoms with E-state index in [-0.39, 0.29) is 12.1 Å². The number of fused-ring (bicyclic) bond motifs is 1. The van der Waals surface area contributed by atoms with Crippen LogP contribution in [0.4, 0.5) is 10.1 Å². The molecule has 2 aromatic heterocycles. The van der Waals surface area contributed by atoms with Gasteiger partial charge in [0, 0.05) is 28.4 Å². The highest BCUT2D eigenvalue weighted by molar-refractivity contribution is 6.05. The molecule has 0 aliphatic carbocycles. The van der Waals surface area contributed by atoms with Crippen molar-refractivity contribution >= 4 is 28.5 Å². The number of amides is 2. The summed E-state index contributed by atoms with van der Waals surface area (Å²) in [5.74, 6) is -1.68. The first kappa shape index (κ1) is 20.0. The molecule has 0 aliphatic heterocycles. The standard InChI is InChI=1S/C23H17FN4O3/c24-19-6-2-1-4-16(19)13-28-21-15(5-3-11-26-21)12-18(23(28)31)22(30)27-17-9-7-14(8-10-17)20(25)29/h1-12H,13H2,(H2,25,29)(H,27,30). The molecule has 0 bridgehead atoms. The van der Waals surface area contributed by atoms with E-state index in [1.54, 1.807) is 30.3 Å². The molecule has 0 aliphatic rings. The third-order valence-electron chi connectivity index (χ3n) is 4.81. The first-order chi connectivity index (χ1) is 14.9. The Morgan fingerprint density at radius 2 is 1.77 bits per heavy atom. The number of carbonyl (C=O) groups is 2. The predicted octanol–water partition coefficient (Wildman–Crippen LogP) is 2.94. The van der Waals surface area contributed by atoms with Gasteiger partial charge in [0.2, 0.25) is 5.91 Å². The lowest BCUT2D eigenvalue weighted by Gasteiger charge is -2.13. The van der Waals surface area contributed by atoms with E-state index in [0.717, 1.165) is 0 Å². The first-order valence-corrected chi connectivity index (χ1v) is 9.37. The number of rotatable bonds is 5. The summed E-state index contributed by atoms with van der Waals surface area (Å²) in [5.41, 5.74) is 5.84. The van der Waals surface area contributed by atoms with E-state index in [4.69, 9.17) is 5.73 Å². The molecule has 7 nitrogen and oxygen atoms in total. The van der Waals surface area contributed by atoms with Gasteiger partial charge in [-0.25, -0.2) is 9.37 Å². The van der Waals surface area contributed by atoms with Crippen molar-refractivity contribution in [2.45, 2.75) is 6.54 Å². The quantitative estimate of drug-likeness (QED) is 0.522. The molecule has 4 rings (SSSR count). The number of benzene rings is 2. The van der Waals surface area contributed by atoms with E-state index in [0.29, 0.717) is 27.8 Å². The van der Waals surface area contributed by atoms with Gasteiger partial charge in [0.25, 0.3) is 11.5 Å². The van der Waals surface area contributed by atoms with Crippen LogP contribution in [0.25, 0.3) is 11.0 Å². The Hall–Kier alpha value is -4.33. The number of halogens is 1. The van der Waals surface area contributed by atoms with Crippen LogP contribution >= 0.6 is 0 Å². The summed E-state index contributed by atoms with van der Waals surface area (Å²) in [6.45, 7) is -0.0759. The molecule has 0 unspecified atom stereocenters. The van der Waals surface area contributed by atoms with Crippen molar-refractivity contribution in [2.24, 2.45) is 5.73 Å². The second-order valence-electron chi connectivity index (χ2n) is 6.85. The van der Waals surface area contributed by atoms with Crippen molar-refractivity contribution in [1.29, 1.82) is 0 Å². The highest BCUT2D eigenvalue weighted by atomic mass is 19.1. The summed E-state index contributed by atoms with van der Waals surface area (Å²) in [6, 6.07) is 16.9. The van der Waals surface area contributed by atoms with Crippen LogP contribution in [0.1, 0.15) is 26.3 Å². The maximum Gasteiger partial charge on any atom is 0.265 e. The van der Waals surface area contributed by atoms with Gasteiger partial charge in [0.05, 0.1) is 6.54 Å². The number of nitrogens with zero attached hydrogens (tertiary/aromatic N) is 2. The lowest BCUT2D eigenvalue weighted by atomic mass is 10.1. The Morgan fingerprint density at radius 3 is 2.48 bits per heavy atom. The van der Waals surface area contributed by atoms with Crippen LogP contribution in [-0.2, 0) is 6.54 Å². The number of pyridine rings is 2. The zero-order chi connectivity index (χ0) is 22.0. The highest BCUT2D eigenvalue weighted by Crippen LogP contribution is 2.16. The molecular formula is C23H17FN4O3. The number of carbonyl (C=O) groups excluding carboxylic acids is 2. The number of anilines is 1. The van der Waals surface area contributed by atoms with Gasteiger partial charge >= 0.3 is 0 Å². The third-order valence-corrected chi connectivity index (χ3v) is 4.81. The fourth-order valence-electron chi connectivity index (χ4n) is 3.23. The van der Waals surface area contributed by atoms with Gasteiger partial charge in [0.15, 0.2) is 0 Å². The van der Waals surface area contributed by atoms with E-state index in [2.05, 4.69) is 10.3 Å². The maximum atomic E-state index is 14.2. The van der Waals surface area contributed by atoms with Gasteiger partial charge in [-0.15, -0.1) is 0 Å². The third kappa shape index (κ3) is 4.04. The maximum absolute atomic E-state index is 14.2. The van der Waals surface area contributed by atoms with Crippen molar-refractivity contribution < 1.29 is 14.0 Å². The van der Waals surface area contributed by atoms with E-state index in [1.165, 1.54) is 47.2 Å². The molecule has 0 atom stereocenters. The van der Waals surface area contributed by atoms with Crippen molar-refractivity contribution in [2.75, 3.05) is 5.32 Å². The molecule has 2 heterocycles. The fourth-order valence-corrected chi connectivity index (χ4v) is 3.23.